The summed E-state index contributed by atoms with van der Waals surface area (Å²) in [6.45, 7) is 5.96. The minimum Gasteiger partial charge on any atom is -0.126 e. The molecule has 1 unspecified atom stereocenters. The second-order valence-electron chi connectivity index (χ2n) is 1.81. The zero-order valence-electron chi connectivity index (χ0n) is 4.78. The average Bonchev–Trinajstić information content (AvgIpc) is 1.68. The molecule has 0 aromatic carbocycles. The van der Waals surface area contributed by atoms with E-state index in [0.717, 1.165) is 6.42 Å². The summed E-state index contributed by atoms with van der Waals surface area (Å²) < 4.78 is 0. The molecule has 0 saturated heterocycles. The number of hydrogen-bond acceptors (Lipinski definition) is 0. The van der Waals surface area contributed by atoms with Crippen LogP contribution in [0.15, 0.2) is 0 Å². The molecule has 0 spiro atoms. The SMILES string of the molecule is [CH2]C(CCl)CCC. The van der Waals surface area contributed by atoms with Gasteiger partial charge in [0.05, 0.1) is 0 Å². The molecule has 0 aliphatic carbocycles. The summed E-state index contributed by atoms with van der Waals surface area (Å²) in [6, 6.07) is 0. The van der Waals surface area contributed by atoms with Crippen LogP contribution in [-0.2, 0) is 0 Å². The molecule has 1 heteroatoms. The first kappa shape index (κ1) is 7.29. The van der Waals surface area contributed by atoms with Gasteiger partial charge in [0.15, 0.2) is 0 Å². The Bertz CT molecular complexity index is 35.2. The first-order valence-corrected chi connectivity index (χ1v) is 3.23. The fourth-order valence-corrected chi connectivity index (χ4v) is 0.640. The smallest absolute Gasteiger partial charge is 0.0251 e. The number of hydrogen-bond donors (Lipinski definition) is 0. The third-order valence-corrected chi connectivity index (χ3v) is 1.35. The summed E-state index contributed by atoms with van der Waals surface area (Å²) >= 11 is 5.47. The summed E-state index contributed by atoms with van der Waals surface area (Å²) in [5, 5.41) is 0. The van der Waals surface area contributed by atoms with E-state index < -0.39 is 0 Å². The number of rotatable bonds is 3. The van der Waals surface area contributed by atoms with Gasteiger partial charge in [0.25, 0.3) is 0 Å². The Hall–Kier alpha value is 0.290. The van der Waals surface area contributed by atoms with E-state index in [0.29, 0.717) is 11.8 Å². The lowest BCUT2D eigenvalue weighted by Crippen LogP contribution is -1.93. The van der Waals surface area contributed by atoms with Crippen LogP contribution >= 0.6 is 11.6 Å². The Balaban J connectivity index is 2.83. The van der Waals surface area contributed by atoms with Gasteiger partial charge in [0.1, 0.15) is 0 Å². The van der Waals surface area contributed by atoms with Crippen molar-refractivity contribution in [3.05, 3.63) is 6.92 Å². The molecule has 0 aromatic rings. The van der Waals surface area contributed by atoms with Crippen LogP contribution in [0.25, 0.3) is 0 Å². The van der Waals surface area contributed by atoms with Crippen molar-refractivity contribution in [3.8, 4) is 0 Å². The second-order valence-corrected chi connectivity index (χ2v) is 2.12. The highest BCUT2D eigenvalue weighted by atomic mass is 35.5. The summed E-state index contributed by atoms with van der Waals surface area (Å²) in [7, 11) is 0. The summed E-state index contributed by atoms with van der Waals surface area (Å²) in [5.74, 6) is 1.17. The maximum Gasteiger partial charge on any atom is 0.0251 e. The van der Waals surface area contributed by atoms with Crippen molar-refractivity contribution in [1.82, 2.24) is 0 Å². The molecule has 0 fully saturated rings. The van der Waals surface area contributed by atoms with Gasteiger partial charge in [0.2, 0.25) is 0 Å². The van der Waals surface area contributed by atoms with Gasteiger partial charge < -0.3 is 0 Å². The van der Waals surface area contributed by atoms with Gasteiger partial charge in [0, 0.05) is 5.88 Å². The molecule has 0 saturated carbocycles. The van der Waals surface area contributed by atoms with Crippen LogP contribution in [0.5, 0.6) is 0 Å². The van der Waals surface area contributed by atoms with Gasteiger partial charge in [-0.25, -0.2) is 0 Å². The van der Waals surface area contributed by atoms with Crippen LogP contribution in [-0.4, -0.2) is 5.88 Å². The molecular formula is C6H12Cl. The standard InChI is InChI=1S/C6H12Cl/c1-3-4-6(2)5-7/h6H,2-5H2,1H3. The maximum atomic E-state index is 5.47. The Morgan fingerprint density at radius 2 is 2.29 bits per heavy atom. The van der Waals surface area contributed by atoms with Crippen LogP contribution in [0.3, 0.4) is 0 Å². The van der Waals surface area contributed by atoms with E-state index >= 15 is 0 Å². The Labute approximate surface area is 50.9 Å². The van der Waals surface area contributed by atoms with Gasteiger partial charge in [-0.15, -0.1) is 11.6 Å². The van der Waals surface area contributed by atoms with Gasteiger partial charge in [-0.05, 0) is 19.3 Å². The summed E-state index contributed by atoms with van der Waals surface area (Å²) in [4.78, 5) is 0. The lowest BCUT2D eigenvalue weighted by molar-refractivity contribution is 0.636. The quantitative estimate of drug-likeness (QED) is 0.501. The fourth-order valence-electron chi connectivity index (χ4n) is 0.485. The van der Waals surface area contributed by atoms with E-state index in [1.54, 1.807) is 0 Å². The van der Waals surface area contributed by atoms with E-state index in [1.165, 1.54) is 6.42 Å². The van der Waals surface area contributed by atoms with Crippen molar-refractivity contribution in [1.29, 1.82) is 0 Å². The van der Waals surface area contributed by atoms with Gasteiger partial charge in [-0.1, -0.05) is 13.3 Å². The normalized spacial score (nSPS) is 14.1. The van der Waals surface area contributed by atoms with Gasteiger partial charge in [-0.2, -0.15) is 0 Å². The Kier molecular flexibility index (Phi) is 4.63. The van der Waals surface area contributed by atoms with Crippen LogP contribution in [0.1, 0.15) is 19.8 Å². The highest BCUT2D eigenvalue weighted by molar-refractivity contribution is 6.18. The molecule has 43 valence electrons. The van der Waals surface area contributed by atoms with Crippen molar-refractivity contribution >= 4 is 11.6 Å². The predicted octanol–water partition coefficient (Wildman–Crippen LogP) is 2.48. The van der Waals surface area contributed by atoms with Crippen LogP contribution in [0.2, 0.25) is 0 Å². The molecule has 0 rings (SSSR count). The van der Waals surface area contributed by atoms with Crippen LogP contribution < -0.4 is 0 Å². The minimum atomic E-state index is 0.465. The van der Waals surface area contributed by atoms with E-state index in [-0.39, 0.29) is 0 Å². The second kappa shape index (κ2) is 4.45. The van der Waals surface area contributed by atoms with Crippen LogP contribution in [0, 0.1) is 12.8 Å². The molecule has 0 nitrogen and oxygen atoms in total. The van der Waals surface area contributed by atoms with Gasteiger partial charge >= 0.3 is 0 Å². The minimum absolute atomic E-state index is 0.465. The van der Waals surface area contributed by atoms with Crippen molar-refractivity contribution in [2.45, 2.75) is 19.8 Å². The van der Waals surface area contributed by atoms with E-state index in [4.69, 9.17) is 11.6 Å². The zero-order valence-corrected chi connectivity index (χ0v) is 5.54. The van der Waals surface area contributed by atoms with Crippen molar-refractivity contribution < 1.29 is 0 Å². The summed E-state index contributed by atoms with van der Waals surface area (Å²) in [5.41, 5.74) is 0. The first-order chi connectivity index (χ1) is 3.31. The van der Waals surface area contributed by atoms with Crippen molar-refractivity contribution in [2.24, 2.45) is 5.92 Å². The number of alkyl halides is 1. The zero-order chi connectivity index (χ0) is 5.70. The van der Waals surface area contributed by atoms with Gasteiger partial charge in [-0.3, -0.25) is 0 Å². The highest BCUT2D eigenvalue weighted by Crippen LogP contribution is 2.04. The van der Waals surface area contributed by atoms with Crippen molar-refractivity contribution in [2.75, 3.05) is 5.88 Å². The molecule has 0 heterocycles. The first-order valence-electron chi connectivity index (χ1n) is 2.70. The molecule has 0 amide bonds. The van der Waals surface area contributed by atoms with Crippen molar-refractivity contribution in [3.63, 3.8) is 0 Å². The molecule has 0 aliphatic rings. The predicted molar refractivity (Wildman–Crippen MR) is 34.5 cm³/mol. The molecular weight excluding hydrogens is 108 g/mol. The Morgan fingerprint density at radius 3 is 2.43 bits per heavy atom. The maximum absolute atomic E-state index is 5.47. The van der Waals surface area contributed by atoms with E-state index in [2.05, 4.69) is 13.8 Å². The summed E-state index contributed by atoms with van der Waals surface area (Å²) in [6.07, 6.45) is 2.35. The monoisotopic (exact) mass is 119 g/mol. The molecule has 7 heavy (non-hydrogen) atoms. The molecule has 1 atom stereocenters. The van der Waals surface area contributed by atoms with E-state index in [9.17, 15) is 0 Å². The molecule has 0 aromatic heterocycles. The number of halogens is 1. The molecule has 0 aliphatic heterocycles. The highest BCUT2D eigenvalue weighted by Gasteiger charge is 1.94. The molecule has 1 radical (unpaired) electrons. The Morgan fingerprint density at radius 1 is 1.71 bits per heavy atom. The average molecular weight is 120 g/mol. The largest absolute Gasteiger partial charge is 0.126 e. The topological polar surface area (TPSA) is 0 Å². The lowest BCUT2D eigenvalue weighted by Gasteiger charge is -2.00. The molecule has 0 bridgehead atoms. The third kappa shape index (κ3) is 4.14. The van der Waals surface area contributed by atoms with Crippen LogP contribution in [0.4, 0.5) is 0 Å². The fraction of sp³-hybridized carbons (Fsp3) is 0.833. The third-order valence-electron chi connectivity index (χ3n) is 0.915. The molecule has 0 N–H and O–H groups in total. The van der Waals surface area contributed by atoms with E-state index in [1.807, 2.05) is 0 Å². The lowest BCUT2D eigenvalue weighted by atomic mass is 10.1.